The molecule has 3 nitrogen and oxygen atoms in total. The fourth-order valence-corrected chi connectivity index (χ4v) is 2.33. The first-order valence-electron chi connectivity index (χ1n) is 5.90. The van der Waals surface area contributed by atoms with Crippen LogP contribution in [0.4, 0.5) is 0 Å². The topological polar surface area (TPSA) is 30.7 Å². The average Bonchev–Trinajstić information content (AvgIpc) is 2.62. The molecule has 0 aliphatic carbocycles. The van der Waals surface area contributed by atoms with Gasteiger partial charge in [0.2, 0.25) is 0 Å². The van der Waals surface area contributed by atoms with Gasteiger partial charge in [-0.3, -0.25) is 9.97 Å². The third-order valence-electron chi connectivity index (χ3n) is 3.33. The van der Waals surface area contributed by atoms with Crippen LogP contribution >= 0.6 is 0 Å². The van der Waals surface area contributed by atoms with E-state index in [0.717, 1.165) is 17.8 Å². The predicted octanol–water partition coefficient (Wildman–Crippen LogP) is 2.99. The van der Waals surface area contributed by atoms with Crippen LogP contribution in [0.2, 0.25) is 0 Å². The summed E-state index contributed by atoms with van der Waals surface area (Å²) in [6.07, 6.45) is 4.87. The lowest BCUT2D eigenvalue weighted by Gasteiger charge is -1.98. The normalized spacial score (nSPS) is 11.5. The van der Waals surface area contributed by atoms with Gasteiger partial charge in [0.1, 0.15) is 0 Å². The van der Waals surface area contributed by atoms with E-state index in [1.54, 1.807) is 0 Å². The second-order valence-electron chi connectivity index (χ2n) is 4.45. The van der Waals surface area contributed by atoms with Crippen LogP contribution < -0.4 is 0 Å². The van der Waals surface area contributed by atoms with Crippen LogP contribution in [0.1, 0.15) is 18.3 Å². The van der Waals surface area contributed by atoms with E-state index >= 15 is 0 Å². The summed E-state index contributed by atoms with van der Waals surface area (Å²) in [6, 6.07) is 4.34. The van der Waals surface area contributed by atoms with Crippen LogP contribution in [0.25, 0.3) is 21.8 Å². The Balaban J connectivity index is 2.51. The van der Waals surface area contributed by atoms with E-state index in [-0.39, 0.29) is 0 Å². The number of fused-ring (bicyclic) bond motifs is 3. The number of nitrogens with zero attached hydrogens (tertiary/aromatic N) is 3. The largest absolute Gasteiger partial charge is 0.341 e. The molecule has 3 heteroatoms. The Morgan fingerprint density at radius 2 is 1.71 bits per heavy atom. The summed E-state index contributed by atoms with van der Waals surface area (Å²) < 4.78 is 2.16. The zero-order chi connectivity index (χ0) is 12.0. The maximum absolute atomic E-state index is 4.46. The SMILES string of the molecule is CCc1cc2c3cc(C)ncc3n(C)c2cn1. The first-order chi connectivity index (χ1) is 8.20. The van der Waals surface area contributed by atoms with Crippen molar-refractivity contribution in [3.05, 3.63) is 35.9 Å². The number of pyridine rings is 2. The van der Waals surface area contributed by atoms with Gasteiger partial charge in [-0.25, -0.2) is 0 Å². The summed E-state index contributed by atoms with van der Waals surface area (Å²) in [6.45, 7) is 4.16. The summed E-state index contributed by atoms with van der Waals surface area (Å²) in [5.74, 6) is 0. The Hall–Kier alpha value is -1.90. The number of rotatable bonds is 1. The number of aromatic nitrogens is 3. The molecule has 0 saturated heterocycles. The summed E-state index contributed by atoms with van der Waals surface area (Å²) in [5, 5.41) is 2.55. The van der Waals surface area contributed by atoms with Crippen molar-refractivity contribution in [1.29, 1.82) is 0 Å². The van der Waals surface area contributed by atoms with Gasteiger partial charge in [0, 0.05) is 29.2 Å². The van der Waals surface area contributed by atoms with Crippen LogP contribution in [-0.4, -0.2) is 14.5 Å². The molecule has 0 fully saturated rings. The third kappa shape index (κ3) is 1.42. The molecule has 3 aromatic rings. The van der Waals surface area contributed by atoms with E-state index in [1.165, 1.54) is 21.8 Å². The Kier molecular flexibility index (Phi) is 2.15. The molecular weight excluding hydrogens is 210 g/mol. The highest BCUT2D eigenvalue weighted by Gasteiger charge is 2.09. The summed E-state index contributed by atoms with van der Waals surface area (Å²) in [4.78, 5) is 8.83. The molecule has 0 spiro atoms. The van der Waals surface area contributed by atoms with Gasteiger partial charge in [-0.1, -0.05) is 6.92 Å². The molecule has 17 heavy (non-hydrogen) atoms. The van der Waals surface area contributed by atoms with Crippen LogP contribution in [0.15, 0.2) is 24.5 Å². The van der Waals surface area contributed by atoms with Crippen molar-refractivity contribution in [1.82, 2.24) is 14.5 Å². The Morgan fingerprint density at radius 1 is 1.06 bits per heavy atom. The van der Waals surface area contributed by atoms with E-state index in [0.29, 0.717) is 0 Å². The van der Waals surface area contributed by atoms with Gasteiger partial charge in [-0.15, -0.1) is 0 Å². The highest BCUT2D eigenvalue weighted by Crippen LogP contribution is 2.27. The molecule has 0 amide bonds. The highest BCUT2D eigenvalue weighted by atomic mass is 15.0. The lowest BCUT2D eigenvalue weighted by atomic mass is 10.1. The van der Waals surface area contributed by atoms with Crippen LogP contribution in [0.5, 0.6) is 0 Å². The number of aryl methyl sites for hydroxylation is 3. The quantitative estimate of drug-likeness (QED) is 0.637. The summed E-state index contributed by atoms with van der Waals surface area (Å²) in [5.41, 5.74) is 4.53. The van der Waals surface area contributed by atoms with Gasteiger partial charge in [-0.2, -0.15) is 0 Å². The molecule has 0 aliphatic rings. The van der Waals surface area contributed by atoms with Gasteiger partial charge >= 0.3 is 0 Å². The van der Waals surface area contributed by atoms with E-state index in [4.69, 9.17) is 0 Å². The smallest absolute Gasteiger partial charge is 0.0675 e. The van der Waals surface area contributed by atoms with Gasteiger partial charge in [0.25, 0.3) is 0 Å². The van der Waals surface area contributed by atoms with Crippen molar-refractivity contribution in [2.45, 2.75) is 20.3 Å². The maximum Gasteiger partial charge on any atom is 0.0675 e. The molecule has 0 aromatic carbocycles. The van der Waals surface area contributed by atoms with Crippen molar-refractivity contribution in [3.63, 3.8) is 0 Å². The minimum Gasteiger partial charge on any atom is -0.341 e. The van der Waals surface area contributed by atoms with Crippen molar-refractivity contribution in [2.75, 3.05) is 0 Å². The van der Waals surface area contributed by atoms with Crippen LogP contribution in [0.3, 0.4) is 0 Å². The van der Waals surface area contributed by atoms with Crippen molar-refractivity contribution in [2.24, 2.45) is 7.05 Å². The zero-order valence-corrected chi connectivity index (χ0v) is 10.4. The minimum absolute atomic E-state index is 0.969. The molecule has 0 N–H and O–H groups in total. The molecule has 0 unspecified atom stereocenters. The fourth-order valence-electron chi connectivity index (χ4n) is 2.33. The third-order valence-corrected chi connectivity index (χ3v) is 3.33. The second kappa shape index (κ2) is 3.55. The molecule has 3 aromatic heterocycles. The molecular formula is C14H15N3. The average molecular weight is 225 g/mol. The second-order valence-corrected chi connectivity index (χ2v) is 4.45. The predicted molar refractivity (Wildman–Crippen MR) is 70.1 cm³/mol. The molecule has 0 aliphatic heterocycles. The fraction of sp³-hybridized carbons (Fsp3) is 0.286. The lowest BCUT2D eigenvalue weighted by molar-refractivity contribution is 0.989. The molecule has 0 bridgehead atoms. The molecule has 0 atom stereocenters. The standard InChI is InChI=1S/C14H15N3/c1-4-10-6-12-11-5-9(2)15-7-13(11)17(3)14(12)8-16-10/h5-8H,4H2,1-3H3. The first kappa shape index (κ1) is 10.3. The van der Waals surface area contributed by atoms with E-state index in [2.05, 4.69) is 40.6 Å². The number of hydrogen-bond acceptors (Lipinski definition) is 2. The van der Waals surface area contributed by atoms with Gasteiger partial charge in [0.15, 0.2) is 0 Å². The van der Waals surface area contributed by atoms with Crippen LogP contribution in [0, 0.1) is 6.92 Å². The lowest BCUT2D eigenvalue weighted by Crippen LogP contribution is -1.90. The first-order valence-corrected chi connectivity index (χ1v) is 5.90. The van der Waals surface area contributed by atoms with E-state index < -0.39 is 0 Å². The molecule has 3 heterocycles. The van der Waals surface area contributed by atoms with E-state index in [1.807, 2.05) is 19.3 Å². The van der Waals surface area contributed by atoms with E-state index in [9.17, 15) is 0 Å². The maximum atomic E-state index is 4.46. The number of hydrogen-bond donors (Lipinski definition) is 0. The molecule has 0 saturated carbocycles. The Bertz CT molecular complexity index is 710. The van der Waals surface area contributed by atoms with Gasteiger partial charge in [0.05, 0.1) is 23.4 Å². The summed E-state index contributed by atoms with van der Waals surface area (Å²) in [7, 11) is 2.06. The Labute approximate surface area is 100 Å². The summed E-state index contributed by atoms with van der Waals surface area (Å²) >= 11 is 0. The molecule has 86 valence electrons. The minimum atomic E-state index is 0.969. The van der Waals surface area contributed by atoms with Crippen molar-refractivity contribution < 1.29 is 0 Å². The van der Waals surface area contributed by atoms with Crippen molar-refractivity contribution >= 4 is 21.8 Å². The zero-order valence-electron chi connectivity index (χ0n) is 10.4. The van der Waals surface area contributed by atoms with Crippen LogP contribution in [-0.2, 0) is 13.5 Å². The van der Waals surface area contributed by atoms with Crippen molar-refractivity contribution in [3.8, 4) is 0 Å². The Morgan fingerprint density at radius 3 is 2.41 bits per heavy atom. The molecule has 3 rings (SSSR count). The van der Waals surface area contributed by atoms with Gasteiger partial charge < -0.3 is 4.57 Å². The van der Waals surface area contributed by atoms with Gasteiger partial charge in [-0.05, 0) is 25.5 Å². The molecule has 0 radical (unpaired) electrons. The monoisotopic (exact) mass is 225 g/mol. The highest BCUT2D eigenvalue weighted by molar-refractivity contribution is 6.07.